The van der Waals surface area contributed by atoms with Crippen molar-refractivity contribution < 1.29 is 0 Å². The smallest absolute Gasteiger partial charge is 0.124 e. The Hall–Kier alpha value is -0.610. The second-order valence-corrected chi connectivity index (χ2v) is 4.63. The van der Waals surface area contributed by atoms with E-state index in [1.54, 1.807) is 11.3 Å². The highest BCUT2D eigenvalue weighted by Crippen LogP contribution is 2.28. The summed E-state index contributed by atoms with van der Waals surface area (Å²) < 4.78 is 2.25. The van der Waals surface area contributed by atoms with Crippen LogP contribution in [-0.4, -0.2) is 4.98 Å². The van der Waals surface area contributed by atoms with Gasteiger partial charge in [-0.3, -0.25) is 0 Å². The zero-order chi connectivity index (χ0) is 7.84. The molecule has 0 radical (unpaired) electrons. The van der Waals surface area contributed by atoms with Crippen LogP contribution in [-0.2, 0) is 0 Å². The molecule has 0 unspecified atom stereocenters. The number of pyridine rings is 1. The standard InChI is InChI=1S/C7H5BrN2S/c8-6-3-4-5(11-6)1-2-7(9)10-4/h1-3H,(H2,9,10). The molecule has 0 aliphatic rings. The van der Waals surface area contributed by atoms with Crippen LogP contribution in [0.5, 0.6) is 0 Å². The summed E-state index contributed by atoms with van der Waals surface area (Å²) in [4.78, 5) is 4.15. The summed E-state index contributed by atoms with van der Waals surface area (Å²) in [6, 6.07) is 5.76. The van der Waals surface area contributed by atoms with E-state index in [9.17, 15) is 0 Å². The Labute approximate surface area is 76.2 Å². The highest BCUT2D eigenvalue weighted by atomic mass is 79.9. The Bertz CT molecular complexity index is 396. The number of hydrogen-bond acceptors (Lipinski definition) is 3. The molecule has 2 N–H and O–H groups in total. The van der Waals surface area contributed by atoms with E-state index in [1.807, 2.05) is 18.2 Å². The van der Waals surface area contributed by atoms with E-state index in [2.05, 4.69) is 20.9 Å². The lowest BCUT2D eigenvalue weighted by atomic mass is 10.4. The van der Waals surface area contributed by atoms with Crippen molar-refractivity contribution in [1.82, 2.24) is 4.98 Å². The first-order valence-corrected chi connectivity index (χ1v) is 4.68. The molecule has 0 fully saturated rings. The largest absolute Gasteiger partial charge is 0.384 e. The van der Waals surface area contributed by atoms with Gasteiger partial charge in [0.25, 0.3) is 0 Å². The Balaban J connectivity index is 2.82. The van der Waals surface area contributed by atoms with Gasteiger partial charge in [-0.2, -0.15) is 0 Å². The molecule has 0 bridgehead atoms. The van der Waals surface area contributed by atoms with Crippen LogP contribution in [0.3, 0.4) is 0 Å². The van der Waals surface area contributed by atoms with E-state index in [4.69, 9.17) is 5.73 Å². The van der Waals surface area contributed by atoms with Gasteiger partial charge in [-0.1, -0.05) is 0 Å². The molecule has 0 aromatic carbocycles. The van der Waals surface area contributed by atoms with Crippen LogP contribution in [0.2, 0.25) is 0 Å². The number of thiophene rings is 1. The molecule has 0 amide bonds. The van der Waals surface area contributed by atoms with Gasteiger partial charge in [0.15, 0.2) is 0 Å². The van der Waals surface area contributed by atoms with Crippen molar-refractivity contribution >= 4 is 43.3 Å². The Morgan fingerprint density at radius 2 is 2.27 bits per heavy atom. The van der Waals surface area contributed by atoms with Gasteiger partial charge in [-0.25, -0.2) is 4.98 Å². The average Bonchev–Trinajstić information content (AvgIpc) is 2.27. The number of rotatable bonds is 0. The fourth-order valence-electron chi connectivity index (χ4n) is 0.910. The summed E-state index contributed by atoms with van der Waals surface area (Å²) >= 11 is 5.05. The molecule has 0 saturated heterocycles. The number of hydrogen-bond donors (Lipinski definition) is 1. The fourth-order valence-corrected chi connectivity index (χ4v) is 2.38. The summed E-state index contributed by atoms with van der Waals surface area (Å²) in [5.74, 6) is 0.572. The van der Waals surface area contributed by atoms with Crippen molar-refractivity contribution in [2.24, 2.45) is 0 Å². The molecule has 56 valence electrons. The maximum atomic E-state index is 5.51. The molecule has 0 aliphatic heterocycles. The van der Waals surface area contributed by atoms with Crippen LogP contribution >= 0.6 is 27.3 Å². The quantitative estimate of drug-likeness (QED) is 0.754. The highest BCUT2D eigenvalue weighted by molar-refractivity contribution is 9.11. The van der Waals surface area contributed by atoms with E-state index in [1.165, 1.54) is 0 Å². The minimum atomic E-state index is 0.572. The molecule has 2 rings (SSSR count). The zero-order valence-electron chi connectivity index (χ0n) is 5.54. The van der Waals surface area contributed by atoms with Gasteiger partial charge in [0.05, 0.1) is 14.0 Å². The predicted molar refractivity (Wildman–Crippen MR) is 51.7 cm³/mol. The summed E-state index contributed by atoms with van der Waals surface area (Å²) in [6.45, 7) is 0. The second kappa shape index (κ2) is 2.46. The molecule has 4 heteroatoms. The Morgan fingerprint density at radius 1 is 1.45 bits per heavy atom. The van der Waals surface area contributed by atoms with E-state index >= 15 is 0 Å². The lowest BCUT2D eigenvalue weighted by molar-refractivity contribution is 1.43. The Kier molecular flexibility index (Phi) is 1.58. The van der Waals surface area contributed by atoms with E-state index in [-0.39, 0.29) is 0 Å². The van der Waals surface area contributed by atoms with Crippen molar-refractivity contribution in [1.29, 1.82) is 0 Å². The van der Waals surface area contributed by atoms with Crippen LogP contribution < -0.4 is 5.73 Å². The zero-order valence-corrected chi connectivity index (χ0v) is 7.95. The monoisotopic (exact) mass is 228 g/mol. The molecule has 0 spiro atoms. The number of fused-ring (bicyclic) bond motifs is 1. The van der Waals surface area contributed by atoms with Crippen LogP contribution in [0.25, 0.3) is 10.2 Å². The van der Waals surface area contributed by atoms with E-state index in [0.29, 0.717) is 5.82 Å². The third-order valence-corrected chi connectivity index (χ3v) is 2.96. The fraction of sp³-hybridized carbons (Fsp3) is 0. The summed E-state index contributed by atoms with van der Waals surface area (Å²) in [5, 5.41) is 0. The van der Waals surface area contributed by atoms with Crippen molar-refractivity contribution in [2.75, 3.05) is 5.73 Å². The molecule has 0 atom stereocenters. The first-order valence-electron chi connectivity index (χ1n) is 3.07. The molecule has 2 aromatic rings. The summed E-state index contributed by atoms with van der Waals surface area (Å²) in [7, 11) is 0. The lowest BCUT2D eigenvalue weighted by Crippen LogP contribution is -1.86. The topological polar surface area (TPSA) is 38.9 Å². The summed E-state index contributed by atoms with van der Waals surface area (Å²) in [6.07, 6.45) is 0. The van der Waals surface area contributed by atoms with Crippen LogP contribution in [0.4, 0.5) is 5.82 Å². The lowest BCUT2D eigenvalue weighted by Gasteiger charge is -1.89. The molecule has 2 heterocycles. The normalized spacial score (nSPS) is 10.6. The first-order chi connectivity index (χ1) is 5.25. The molecule has 11 heavy (non-hydrogen) atoms. The highest BCUT2D eigenvalue weighted by Gasteiger charge is 1.99. The average molecular weight is 229 g/mol. The molecule has 2 nitrogen and oxygen atoms in total. The Morgan fingerprint density at radius 3 is 3.09 bits per heavy atom. The number of nitrogens with two attached hydrogens (primary N) is 1. The van der Waals surface area contributed by atoms with Crippen LogP contribution in [0, 0.1) is 0 Å². The molecule has 2 aromatic heterocycles. The van der Waals surface area contributed by atoms with Gasteiger partial charge in [-0.15, -0.1) is 11.3 Å². The maximum Gasteiger partial charge on any atom is 0.124 e. The maximum absolute atomic E-state index is 5.51. The minimum Gasteiger partial charge on any atom is -0.384 e. The first kappa shape index (κ1) is 7.06. The van der Waals surface area contributed by atoms with Gasteiger partial charge < -0.3 is 5.73 Å². The molecule has 0 aliphatic carbocycles. The predicted octanol–water partition coefficient (Wildman–Crippen LogP) is 2.64. The van der Waals surface area contributed by atoms with Gasteiger partial charge in [0, 0.05) is 0 Å². The minimum absolute atomic E-state index is 0.572. The van der Waals surface area contributed by atoms with Gasteiger partial charge in [0.2, 0.25) is 0 Å². The number of halogens is 1. The van der Waals surface area contributed by atoms with Gasteiger partial charge in [0.1, 0.15) is 5.82 Å². The number of nitrogens with zero attached hydrogens (tertiary/aromatic N) is 1. The summed E-state index contributed by atoms with van der Waals surface area (Å²) in [5.41, 5.74) is 6.47. The molecular weight excluding hydrogens is 224 g/mol. The van der Waals surface area contributed by atoms with Crippen LogP contribution in [0.15, 0.2) is 22.0 Å². The van der Waals surface area contributed by atoms with Crippen molar-refractivity contribution in [3.8, 4) is 0 Å². The number of aromatic nitrogens is 1. The van der Waals surface area contributed by atoms with Gasteiger partial charge in [-0.05, 0) is 34.1 Å². The number of anilines is 1. The van der Waals surface area contributed by atoms with Crippen LogP contribution in [0.1, 0.15) is 0 Å². The third-order valence-electron chi connectivity index (χ3n) is 1.37. The van der Waals surface area contributed by atoms with Crippen molar-refractivity contribution in [3.05, 3.63) is 22.0 Å². The van der Waals surface area contributed by atoms with Gasteiger partial charge >= 0.3 is 0 Å². The second-order valence-electron chi connectivity index (χ2n) is 2.17. The van der Waals surface area contributed by atoms with E-state index < -0.39 is 0 Å². The third kappa shape index (κ3) is 1.23. The molecular formula is C7H5BrN2S. The van der Waals surface area contributed by atoms with E-state index in [0.717, 1.165) is 14.0 Å². The SMILES string of the molecule is Nc1ccc2sc(Br)cc2n1. The number of nitrogen functional groups attached to an aromatic ring is 1. The molecule has 0 saturated carbocycles. The van der Waals surface area contributed by atoms with Crippen molar-refractivity contribution in [2.45, 2.75) is 0 Å². The van der Waals surface area contributed by atoms with Crippen molar-refractivity contribution in [3.63, 3.8) is 0 Å².